The van der Waals surface area contributed by atoms with Crippen LogP contribution in [0.4, 0.5) is 13.2 Å². The minimum Gasteiger partial charge on any atom is -0.440 e. The highest BCUT2D eigenvalue weighted by molar-refractivity contribution is 7.99. The lowest BCUT2D eigenvalue weighted by Crippen LogP contribution is -2.42. The lowest BCUT2D eigenvalue weighted by molar-refractivity contribution is -0.137. The molecule has 1 aromatic carbocycles. The van der Waals surface area contributed by atoms with E-state index in [9.17, 15) is 13.2 Å². The number of piperidine rings is 1. The van der Waals surface area contributed by atoms with Gasteiger partial charge in [-0.15, -0.1) is 10.2 Å². The van der Waals surface area contributed by atoms with Crippen LogP contribution in [0.3, 0.4) is 0 Å². The number of fused-ring (bicyclic) bond motifs is 2. The zero-order chi connectivity index (χ0) is 23.9. The first-order chi connectivity index (χ1) is 16.3. The summed E-state index contributed by atoms with van der Waals surface area (Å²) in [6.45, 7) is 2.88. The fraction of sp³-hybridized carbons (Fsp3) is 0.542. The molecule has 1 unspecified atom stereocenters. The van der Waals surface area contributed by atoms with Gasteiger partial charge in [-0.25, -0.2) is 4.98 Å². The van der Waals surface area contributed by atoms with Crippen molar-refractivity contribution in [2.75, 3.05) is 12.3 Å². The van der Waals surface area contributed by atoms with E-state index in [4.69, 9.17) is 4.42 Å². The number of aryl methyl sites for hydroxylation is 1. The number of alkyl halides is 3. The number of hydrogen-bond acceptors (Lipinski definition) is 6. The Kier molecular flexibility index (Phi) is 6.45. The van der Waals surface area contributed by atoms with E-state index in [0.29, 0.717) is 23.7 Å². The van der Waals surface area contributed by atoms with Crippen molar-refractivity contribution < 1.29 is 17.6 Å². The average Bonchev–Trinajstić information content (AvgIpc) is 3.45. The van der Waals surface area contributed by atoms with Crippen LogP contribution in [-0.2, 0) is 13.2 Å². The molecule has 3 aromatic rings. The van der Waals surface area contributed by atoms with Crippen LogP contribution in [0, 0.1) is 6.92 Å². The third-order valence-electron chi connectivity index (χ3n) is 7.15. The van der Waals surface area contributed by atoms with Crippen LogP contribution in [0.5, 0.6) is 0 Å². The van der Waals surface area contributed by atoms with Crippen LogP contribution in [0.2, 0.25) is 0 Å². The third-order valence-corrected chi connectivity index (χ3v) is 8.25. The fourth-order valence-corrected chi connectivity index (χ4v) is 6.28. The molecule has 2 bridgehead atoms. The van der Waals surface area contributed by atoms with Crippen LogP contribution in [-0.4, -0.2) is 49.0 Å². The number of hydrogen-bond donors (Lipinski definition) is 0. The summed E-state index contributed by atoms with van der Waals surface area (Å²) in [5.74, 6) is 2.45. The smallest absolute Gasteiger partial charge is 0.416 e. The molecule has 0 amide bonds. The number of oxazole rings is 1. The summed E-state index contributed by atoms with van der Waals surface area (Å²) in [7, 11) is 1.93. The lowest BCUT2D eigenvalue weighted by Gasteiger charge is -2.39. The Bertz CT molecular complexity index is 1130. The van der Waals surface area contributed by atoms with Crippen molar-refractivity contribution in [2.24, 2.45) is 7.05 Å². The Morgan fingerprint density at radius 2 is 1.91 bits per heavy atom. The molecule has 2 saturated heterocycles. The van der Waals surface area contributed by atoms with Gasteiger partial charge in [0.25, 0.3) is 0 Å². The van der Waals surface area contributed by atoms with Crippen molar-refractivity contribution in [1.82, 2.24) is 24.6 Å². The van der Waals surface area contributed by atoms with Crippen LogP contribution < -0.4 is 0 Å². The highest BCUT2D eigenvalue weighted by Gasteiger charge is 2.41. The maximum atomic E-state index is 13.1. The molecule has 10 heteroatoms. The summed E-state index contributed by atoms with van der Waals surface area (Å²) >= 11 is 1.68. The van der Waals surface area contributed by atoms with Crippen molar-refractivity contribution in [3.63, 3.8) is 0 Å². The molecule has 2 aromatic heterocycles. The maximum Gasteiger partial charge on any atom is 0.416 e. The van der Waals surface area contributed by atoms with Crippen LogP contribution in [0.15, 0.2) is 40.2 Å². The number of halogens is 3. The first-order valence-electron chi connectivity index (χ1n) is 11.7. The van der Waals surface area contributed by atoms with Gasteiger partial charge in [-0.05, 0) is 63.1 Å². The van der Waals surface area contributed by atoms with Crippen molar-refractivity contribution >= 4 is 11.8 Å². The second kappa shape index (κ2) is 9.37. The molecule has 0 radical (unpaired) electrons. The monoisotopic (exact) mass is 491 g/mol. The molecular formula is C24H28F3N5OS. The molecule has 0 saturated carbocycles. The van der Waals surface area contributed by atoms with Crippen LogP contribution in [0.25, 0.3) is 11.6 Å². The second-order valence-corrected chi connectivity index (χ2v) is 10.3. The first kappa shape index (κ1) is 23.4. The van der Waals surface area contributed by atoms with Gasteiger partial charge in [-0.1, -0.05) is 30.0 Å². The van der Waals surface area contributed by atoms with E-state index in [1.165, 1.54) is 12.5 Å². The summed E-state index contributed by atoms with van der Waals surface area (Å²) in [5.41, 5.74) is 1.08. The molecule has 4 heterocycles. The van der Waals surface area contributed by atoms with Gasteiger partial charge in [0.1, 0.15) is 0 Å². The molecule has 2 aliphatic rings. The third kappa shape index (κ3) is 4.62. The lowest BCUT2D eigenvalue weighted by atomic mass is 9.84. The molecule has 34 heavy (non-hydrogen) atoms. The quantitative estimate of drug-likeness (QED) is 0.313. The zero-order valence-corrected chi connectivity index (χ0v) is 20.1. The molecule has 0 spiro atoms. The van der Waals surface area contributed by atoms with E-state index >= 15 is 0 Å². The molecule has 5 rings (SSSR count). The van der Waals surface area contributed by atoms with Gasteiger partial charge in [-0.2, -0.15) is 13.2 Å². The Balaban J connectivity index is 1.15. The first-order valence-corrected chi connectivity index (χ1v) is 12.7. The molecule has 0 aliphatic carbocycles. The molecule has 3 atom stereocenters. The standard InChI is InChI=1S/C24H28F3N5OS/c1-15-21(33-14-28-15)22-29-30-23(31(22)2)34-10-4-9-32-19-7-8-20(32)13-17(12-19)16-5-3-6-18(11-16)24(25,26)27/h3,5-6,11,14,17,19-20H,4,7-10,12-13H2,1-2H3/t17?,19-,20+. The number of benzene rings is 1. The molecule has 0 N–H and O–H groups in total. The summed E-state index contributed by atoms with van der Waals surface area (Å²) in [6, 6.07) is 6.84. The Hall–Kier alpha value is -2.33. The van der Waals surface area contributed by atoms with Crippen molar-refractivity contribution in [1.29, 1.82) is 0 Å². The minimum absolute atomic E-state index is 0.210. The maximum absolute atomic E-state index is 13.1. The SMILES string of the molecule is Cc1ncoc1-c1nnc(SCCCN2[C@@H]3CC[C@H]2CC(c2cccc(C(F)(F)F)c2)C3)n1C. The molecule has 2 fully saturated rings. The second-order valence-electron chi connectivity index (χ2n) is 9.25. The zero-order valence-electron chi connectivity index (χ0n) is 19.3. The summed E-state index contributed by atoms with van der Waals surface area (Å²) in [4.78, 5) is 6.71. The van der Waals surface area contributed by atoms with Crippen molar-refractivity contribution in [2.45, 2.75) is 68.4 Å². The van der Waals surface area contributed by atoms with Gasteiger partial charge in [0.05, 0.1) is 11.3 Å². The van der Waals surface area contributed by atoms with E-state index in [-0.39, 0.29) is 5.92 Å². The topological polar surface area (TPSA) is 60.0 Å². The van der Waals surface area contributed by atoms with E-state index in [0.717, 1.165) is 66.9 Å². The minimum atomic E-state index is -4.29. The van der Waals surface area contributed by atoms with Gasteiger partial charge in [0.2, 0.25) is 5.82 Å². The predicted octanol–water partition coefficient (Wildman–Crippen LogP) is 5.69. The number of aromatic nitrogens is 4. The molecular weight excluding hydrogens is 463 g/mol. The summed E-state index contributed by atoms with van der Waals surface area (Å²) in [5, 5.41) is 9.40. The van der Waals surface area contributed by atoms with Gasteiger partial charge >= 0.3 is 6.18 Å². The molecule has 182 valence electrons. The van der Waals surface area contributed by atoms with E-state index < -0.39 is 11.7 Å². The Morgan fingerprint density at radius 3 is 2.59 bits per heavy atom. The molecule has 6 nitrogen and oxygen atoms in total. The largest absolute Gasteiger partial charge is 0.440 e. The van der Waals surface area contributed by atoms with Crippen molar-refractivity contribution in [3.8, 4) is 11.6 Å². The Labute approximate surface area is 200 Å². The highest BCUT2D eigenvalue weighted by atomic mass is 32.2. The number of rotatable bonds is 7. The van der Waals surface area contributed by atoms with Crippen molar-refractivity contribution in [3.05, 3.63) is 47.5 Å². The van der Waals surface area contributed by atoms with Gasteiger partial charge in [0.15, 0.2) is 17.3 Å². The molecule has 2 aliphatic heterocycles. The highest BCUT2D eigenvalue weighted by Crippen LogP contribution is 2.44. The number of thioether (sulfide) groups is 1. The van der Waals surface area contributed by atoms with Gasteiger partial charge in [-0.3, -0.25) is 4.90 Å². The van der Waals surface area contributed by atoms with Crippen LogP contribution >= 0.6 is 11.8 Å². The predicted molar refractivity (Wildman–Crippen MR) is 124 cm³/mol. The normalized spacial score (nSPS) is 23.0. The summed E-state index contributed by atoms with van der Waals surface area (Å²) in [6.07, 6.45) is 2.30. The van der Waals surface area contributed by atoms with Gasteiger partial charge < -0.3 is 8.98 Å². The summed E-state index contributed by atoms with van der Waals surface area (Å²) < 4.78 is 46.8. The Morgan fingerprint density at radius 1 is 1.15 bits per heavy atom. The fourth-order valence-electron chi connectivity index (χ4n) is 5.45. The average molecular weight is 492 g/mol. The van der Waals surface area contributed by atoms with Crippen LogP contribution in [0.1, 0.15) is 54.8 Å². The van der Waals surface area contributed by atoms with Gasteiger partial charge in [0, 0.05) is 24.9 Å². The van der Waals surface area contributed by atoms with E-state index in [2.05, 4.69) is 20.1 Å². The van der Waals surface area contributed by atoms with E-state index in [1.807, 2.05) is 24.6 Å². The van der Waals surface area contributed by atoms with E-state index in [1.54, 1.807) is 17.8 Å². The number of nitrogens with zero attached hydrogens (tertiary/aromatic N) is 5.